The maximum Gasteiger partial charge on any atom is 0.144 e. The molecule has 0 radical (unpaired) electrons. The van der Waals surface area contributed by atoms with Crippen LogP contribution in [0.1, 0.15) is 62.4 Å². The van der Waals surface area contributed by atoms with Gasteiger partial charge in [0, 0.05) is 18.4 Å². The van der Waals surface area contributed by atoms with Gasteiger partial charge in [0.05, 0.1) is 10.2 Å². The number of hydrogen-bond donors (Lipinski definition) is 1. The van der Waals surface area contributed by atoms with Gasteiger partial charge in [0.1, 0.15) is 11.6 Å². The van der Waals surface area contributed by atoms with Crippen LogP contribution in [0.2, 0.25) is 0 Å². The van der Waals surface area contributed by atoms with Gasteiger partial charge in [-0.1, -0.05) is 6.92 Å². The molecule has 92 valence electrons. The van der Waals surface area contributed by atoms with E-state index in [4.69, 9.17) is 4.98 Å². The van der Waals surface area contributed by atoms with E-state index in [-0.39, 0.29) is 0 Å². The first-order chi connectivity index (χ1) is 8.29. The molecule has 2 fully saturated rings. The summed E-state index contributed by atoms with van der Waals surface area (Å²) < 4.78 is 1.10. The lowest BCUT2D eigenvalue weighted by Gasteiger charge is -2.12. The highest BCUT2D eigenvalue weighted by Gasteiger charge is 2.33. The Morgan fingerprint density at radius 2 is 1.88 bits per heavy atom. The van der Waals surface area contributed by atoms with Crippen molar-refractivity contribution in [3.05, 3.63) is 16.0 Å². The second kappa shape index (κ2) is 4.56. The molecule has 0 bridgehead atoms. The van der Waals surface area contributed by atoms with Gasteiger partial charge in [-0.25, -0.2) is 9.97 Å². The predicted molar refractivity (Wildman–Crippen MR) is 72.5 cm³/mol. The first kappa shape index (κ1) is 11.5. The molecule has 2 aliphatic carbocycles. The molecule has 0 saturated heterocycles. The maximum absolute atomic E-state index is 4.77. The van der Waals surface area contributed by atoms with Crippen LogP contribution in [0, 0.1) is 0 Å². The van der Waals surface area contributed by atoms with Gasteiger partial charge in [0.2, 0.25) is 0 Å². The molecule has 0 spiro atoms. The molecular weight excluding hydrogens is 278 g/mol. The molecule has 4 heteroatoms. The van der Waals surface area contributed by atoms with Crippen LogP contribution in [0.25, 0.3) is 0 Å². The van der Waals surface area contributed by atoms with Crippen molar-refractivity contribution in [2.75, 3.05) is 11.9 Å². The highest BCUT2D eigenvalue weighted by Crippen LogP contribution is 2.46. The third-order valence-corrected chi connectivity index (χ3v) is 4.12. The van der Waals surface area contributed by atoms with E-state index in [1.807, 2.05) is 0 Å². The van der Waals surface area contributed by atoms with E-state index < -0.39 is 0 Å². The van der Waals surface area contributed by atoms with Crippen LogP contribution in [-0.2, 0) is 0 Å². The van der Waals surface area contributed by atoms with E-state index in [2.05, 4.69) is 33.2 Å². The normalized spacial score (nSPS) is 19.4. The van der Waals surface area contributed by atoms with Crippen molar-refractivity contribution in [3.8, 4) is 0 Å². The maximum atomic E-state index is 4.77. The first-order valence-corrected chi connectivity index (χ1v) is 7.40. The van der Waals surface area contributed by atoms with Crippen molar-refractivity contribution in [2.45, 2.75) is 50.9 Å². The largest absolute Gasteiger partial charge is 0.369 e. The Balaban J connectivity index is 1.93. The summed E-state index contributed by atoms with van der Waals surface area (Å²) in [7, 11) is 0. The third kappa shape index (κ3) is 2.46. The average Bonchev–Trinajstić information content (AvgIpc) is 3.18. The van der Waals surface area contributed by atoms with E-state index in [1.165, 1.54) is 31.4 Å². The fourth-order valence-corrected chi connectivity index (χ4v) is 2.64. The number of aromatic nitrogens is 2. The minimum atomic E-state index is 0.628. The summed E-state index contributed by atoms with van der Waals surface area (Å²) in [6.45, 7) is 3.15. The zero-order valence-corrected chi connectivity index (χ0v) is 11.8. The standard InChI is InChI=1S/C13H18BrN3/c1-2-7-15-13-10(14)11(8-3-4-8)16-12(17-13)9-5-6-9/h8-9H,2-7H2,1H3,(H,15,16,17). The van der Waals surface area contributed by atoms with Gasteiger partial charge in [0.15, 0.2) is 0 Å². The van der Waals surface area contributed by atoms with Crippen LogP contribution in [0.4, 0.5) is 5.82 Å². The van der Waals surface area contributed by atoms with Gasteiger partial charge in [-0.3, -0.25) is 0 Å². The third-order valence-electron chi connectivity index (χ3n) is 3.34. The van der Waals surface area contributed by atoms with E-state index in [1.54, 1.807) is 0 Å². The van der Waals surface area contributed by atoms with Gasteiger partial charge >= 0.3 is 0 Å². The number of nitrogens with one attached hydrogen (secondary N) is 1. The van der Waals surface area contributed by atoms with Gasteiger partial charge in [-0.15, -0.1) is 0 Å². The summed E-state index contributed by atoms with van der Waals surface area (Å²) in [4.78, 5) is 9.44. The van der Waals surface area contributed by atoms with Gasteiger partial charge in [-0.05, 0) is 48.0 Å². The van der Waals surface area contributed by atoms with E-state index in [0.717, 1.165) is 29.1 Å². The molecule has 1 aromatic heterocycles. The minimum Gasteiger partial charge on any atom is -0.369 e. The molecule has 0 amide bonds. The molecule has 3 rings (SSSR count). The van der Waals surface area contributed by atoms with Gasteiger partial charge in [0.25, 0.3) is 0 Å². The van der Waals surface area contributed by atoms with Crippen molar-refractivity contribution in [3.63, 3.8) is 0 Å². The van der Waals surface area contributed by atoms with Crippen molar-refractivity contribution >= 4 is 21.7 Å². The van der Waals surface area contributed by atoms with Crippen molar-refractivity contribution in [2.24, 2.45) is 0 Å². The molecule has 3 nitrogen and oxygen atoms in total. The number of rotatable bonds is 5. The van der Waals surface area contributed by atoms with Crippen LogP contribution in [0.5, 0.6) is 0 Å². The molecule has 0 atom stereocenters. The summed E-state index contributed by atoms with van der Waals surface area (Å²) in [6.07, 6.45) is 6.21. The lowest BCUT2D eigenvalue weighted by molar-refractivity contribution is 0.857. The predicted octanol–water partition coefficient (Wildman–Crippen LogP) is 3.82. The van der Waals surface area contributed by atoms with Crippen LogP contribution in [0.3, 0.4) is 0 Å². The Morgan fingerprint density at radius 1 is 1.18 bits per heavy atom. The molecule has 0 aliphatic heterocycles. The summed E-state index contributed by atoms with van der Waals surface area (Å²) in [6, 6.07) is 0. The van der Waals surface area contributed by atoms with Gasteiger partial charge in [-0.2, -0.15) is 0 Å². The SMILES string of the molecule is CCCNc1nc(C2CC2)nc(C2CC2)c1Br. The quantitative estimate of drug-likeness (QED) is 0.897. The second-order valence-corrected chi connectivity index (χ2v) is 5.90. The number of hydrogen-bond acceptors (Lipinski definition) is 3. The molecular formula is C13H18BrN3. The Morgan fingerprint density at radius 3 is 2.47 bits per heavy atom. The Bertz CT molecular complexity index is 425. The molecule has 2 saturated carbocycles. The topological polar surface area (TPSA) is 37.8 Å². The Hall–Kier alpha value is -0.640. The molecule has 1 N–H and O–H groups in total. The molecule has 1 heterocycles. The highest BCUT2D eigenvalue weighted by molar-refractivity contribution is 9.10. The molecule has 0 unspecified atom stereocenters. The summed E-state index contributed by atoms with van der Waals surface area (Å²) in [5.41, 5.74) is 1.24. The smallest absolute Gasteiger partial charge is 0.144 e. The zero-order valence-electron chi connectivity index (χ0n) is 10.2. The van der Waals surface area contributed by atoms with E-state index in [9.17, 15) is 0 Å². The van der Waals surface area contributed by atoms with Gasteiger partial charge < -0.3 is 5.32 Å². The van der Waals surface area contributed by atoms with Crippen molar-refractivity contribution in [1.29, 1.82) is 0 Å². The lowest BCUT2D eigenvalue weighted by Crippen LogP contribution is -2.08. The summed E-state index contributed by atoms with van der Waals surface area (Å²) in [5.74, 6) is 3.37. The van der Waals surface area contributed by atoms with Crippen molar-refractivity contribution < 1.29 is 0 Å². The van der Waals surface area contributed by atoms with Crippen LogP contribution >= 0.6 is 15.9 Å². The molecule has 1 aromatic rings. The monoisotopic (exact) mass is 295 g/mol. The fraction of sp³-hybridized carbons (Fsp3) is 0.692. The lowest BCUT2D eigenvalue weighted by atomic mass is 10.2. The van der Waals surface area contributed by atoms with Crippen LogP contribution in [-0.4, -0.2) is 16.5 Å². The second-order valence-electron chi connectivity index (χ2n) is 5.10. The molecule has 0 aromatic carbocycles. The number of anilines is 1. The fourth-order valence-electron chi connectivity index (χ4n) is 1.99. The van der Waals surface area contributed by atoms with Crippen LogP contribution < -0.4 is 5.32 Å². The van der Waals surface area contributed by atoms with Crippen LogP contribution in [0.15, 0.2) is 4.47 Å². The van der Waals surface area contributed by atoms with E-state index in [0.29, 0.717) is 11.8 Å². The Labute approximate surface area is 111 Å². The minimum absolute atomic E-state index is 0.628. The Kier molecular flexibility index (Phi) is 3.07. The average molecular weight is 296 g/mol. The summed E-state index contributed by atoms with van der Waals surface area (Å²) >= 11 is 3.67. The number of halogens is 1. The number of nitrogens with zero attached hydrogens (tertiary/aromatic N) is 2. The van der Waals surface area contributed by atoms with Crippen molar-refractivity contribution in [1.82, 2.24) is 9.97 Å². The highest BCUT2D eigenvalue weighted by atomic mass is 79.9. The first-order valence-electron chi connectivity index (χ1n) is 6.60. The molecule has 17 heavy (non-hydrogen) atoms. The van der Waals surface area contributed by atoms with E-state index >= 15 is 0 Å². The molecule has 2 aliphatic rings. The summed E-state index contributed by atoms with van der Waals surface area (Å²) in [5, 5.41) is 3.41. The zero-order chi connectivity index (χ0) is 11.8.